The van der Waals surface area contributed by atoms with E-state index in [9.17, 15) is 15.8 Å². The molecule has 5 nitrogen and oxygen atoms in total. The Bertz CT molecular complexity index is 2920. The predicted octanol–water partition coefficient (Wildman–Crippen LogP) is 10.8. The highest BCUT2D eigenvalue weighted by Gasteiger charge is 2.22. The molecule has 230 valence electrons. The Morgan fingerprint density at radius 2 is 0.980 bits per heavy atom. The zero-order chi connectivity index (χ0) is 33.8. The van der Waals surface area contributed by atoms with E-state index >= 15 is 0 Å². The molecular formula is C45H25N5. The van der Waals surface area contributed by atoms with Crippen molar-refractivity contribution < 1.29 is 0 Å². The molecule has 0 amide bonds. The van der Waals surface area contributed by atoms with Gasteiger partial charge < -0.3 is 9.13 Å². The number of hydrogen-bond donors (Lipinski definition) is 0. The van der Waals surface area contributed by atoms with Gasteiger partial charge in [0.2, 0.25) is 0 Å². The van der Waals surface area contributed by atoms with Crippen molar-refractivity contribution in [2.24, 2.45) is 0 Å². The van der Waals surface area contributed by atoms with Gasteiger partial charge in [-0.15, -0.1) is 0 Å². The third kappa shape index (κ3) is 4.31. The Morgan fingerprint density at radius 3 is 1.64 bits per heavy atom. The van der Waals surface area contributed by atoms with E-state index in [1.165, 1.54) is 10.8 Å². The molecule has 0 aliphatic heterocycles. The lowest BCUT2D eigenvalue weighted by Crippen LogP contribution is -2.03. The minimum atomic E-state index is 0.302. The van der Waals surface area contributed by atoms with E-state index in [-0.39, 0.29) is 0 Å². The van der Waals surface area contributed by atoms with Crippen LogP contribution in [0.2, 0.25) is 0 Å². The van der Waals surface area contributed by atoms with Crippen LogP contribution in [0.25, 0.3) is 77.2 Å². The highest BCUT2D eigenvalue weighted by molar-refractivity contribution is 6.11. The minimum absolute atomic E-state index is 0.302. The van der Waals surface area contributed by atoms with Gasteiger partial charge in [-0.3, -0.25) is 0 Å². The lowest BCUT2D eigenvalue weighted by molar-refractivity contribution is 1.16. The fourth-order valence-corrected chi connectivity index (χ4v) is 7.44. The lowest BCUT2D eigenvalue weighted by Gasteiger charge is -2.17. The van der Waals surface area contributed by atoms with Crippen LogP contribution in [-0.4, -0.2) is 9.13 Å². The van der Waals surface area contributed by atoms with Gasteiger partial charge in [0.1, 0.15) is 12.1 Å². The Labute approximate surface area is 287 Å². The first-order valence-electron chi connectivity index (χ1n) is 16.3. The van der Waals surface area contributed by atoms with Crippen LogP contribution in [0, 0.1) is 34.0 Å². The van der Waals surface area contributed by atoms with Crippen LogP contribution in [0.4, 0.5) is 0 Å². The summed E-state index contributed by atoms with van der Waals surface area (Å²) in [4.78, 5) is 0. The first-order chi connectivity index (χ1) is 24.7. The van der Waals surface area contributed by atoms with Crippen molar-refractivity contribution in [1.29, 1.82) is 15.8 Å². The molecule has 9 rings (SSSR count). The number of fused-ring (bicyclic) bond motifs is 6. The SMILES string of the molecule is N#Cc1ccc2c(c1)c1ccccc1n2-c1c(-c2cccc(-c3cccc(-n4c5ccccc5c5ccccc54)c3)c2)ccc(C#N)c1C#N. The van der Waals surface area contributed by atoms with Crippen LogP contribution in [0.15, 0.2) is 152 Å². The summed E-state index contributed by atoms with van der Waals surface area (Å²) in [5.74, 6) is 0. The van der Waals surface area contributed by atoms with Crippen molar-refractivity contribution in [3.05, 3.63) is 168 Å². The fraction of sp³-hybridized carbons (Fsp3) is 0. The summed E-state index contributed by atoms with van der Waals surface area (Å²) in [7, 11) is 0. The van der Waals surface area contributed by atoms with Crippen molar-refractivity contribution in [2.75, 3.05) is 0 Å². The summed E-state index contributed by atoms with van der Waals surface area (Å²) < 4.78 is 4.38. The number of nitriles is 3. The minimum Gasteiger partial charge on any atom is -0.309 e. The molecule has 0 spiro atoms. The molecule has 5 heteroatoms. The van der Waals surface area contributed by atoms with Gasteiger partial charge >= 0.3 is 0 Å². The van der Waals surface area contributed by atoms with E-state index in [0.29, 0.717) is 22.4 Å². The standard InChI is InChI=1S/C45H25N5/c46-26-29-19-22-44-39(23-29)38-15-3-6-18-43(38)50(44)45-35(21-20-33(27-47)40(45)28-48)32-11-7-9-30(24-32)31-10-8-12-34(25-31)49-41-16-4-1-13-36(41)37-14-2-5-17-42(37)49/h1-25H. The lowest BCUT2D eigenvalue weighted by atomic mass is 9.94. The molecule has 50 heavy (non-hydrogen) atoms. The predicted molar refractivity (Wildman–Crippen MR) is 200 cm³/mol. The van der Waals surface area contributed by atoms with Crippen LogP contribution in [0.1, 0.15) is 16.7 Å². The largest absolute Gasteiger partial charge is 0.309 e. The van der Waals surface area contributed by atoms with Gasteiger partial charge in [-0.1, -0.05) is 91.0 Å². The quantitative estimate of drug-likeness (QED) is 0.193. The first kappa shape index (κ1) is 28.8. The van der Waals surface area contributed by atoms with Gasteiger partial charge in [-0.25, -0.2) is 0 Å². The molecule has 0 fully saturated rings. The molecule has 0 saturated carbocycles. The molecular weight excluding hydrogens is 611 g/mol. The molecule has 0 aliphatic rings. The smallest absolute Gasteiger partial charge is 0.103 e. The second-order valence-electron chi connectivity index (χ2n) is 12.3. The van der Waals surface area contributed by atoms with E-state index in [0.717, 1.165) is 60.8 Å². The third-order valence-electron chi connectivity index (χ3n) is 9.63. The normalized spacial score (nSPS) is 11.1. The van der Waals surface area contributed by atoms with Gasteiger partial charge in [0.15, 0.2) is 0 Å². The van der Waals surface area contributed by atoms with E-state index < -0.39 is 0 Å². The maximum absolute atomic E-state index is 10.6. The molecule has 7 aromatic carbocycles. The summed E-state index contributed by atoms with van der Waals surface area (Å²) in [5, 5.41) is 34.7. The van der Waals surface area contributed by atoms with Gasteiger partial charge in [-0.2, -0.15) is 15.8 Å². The van der Waals surface area contributed by atoms with E-state index in [2.05, 4.69) is 112 Å². The van der Waals surface area contributed by atoms with Crippen LogP contribution in [-0.2, 0) is 0 Å². The number of hydrogen-bond acceptors (Lipinski definition) is 3. The molecule has 0 atom stereocenters. The summed E-state index contributed by atoms with van der Waals surface area (Å²) in [6.45, 7) is 0. The Morgan fingerprint density at radius 1 is 0.400 bits per heavy atom. The first-order valence-corrected chi connectivity index (χ1v) is 16.3. The Kier molecular flexibility index (Phi) is 6.56. The molecule has 0 saturated heterocycles. The van der Waals surface area contributed by atoms with Crippen molar-refractivity contribution in [2.45, 2.75) is 0 Å². The summed E-state index contributed by atoms with van der Waals surface area (Å²) >= 11 is 0. The van der Waals surface area contributed by atoms with Crippen molar-refractivity contribution >= 4 is 43.6 Å². The number of benzene rings is 7. The summed E-state index contributed by atoms with van der Waals surface area (Å²) in [6.07, 6.45) is 0. The number of nitrogens with zero attached hydrogens (tertiary/aromatic N) is 5. The van der Waals surface area contributed by atoms with Crippen LogP contribution >= 0.6 is 0 Å². The maximum Gasteiger partial charge on any atom is 0.103 e. The van der Waals surface area contributed by atoms with Gasteiger partial charge in [-0.05, 0) is 77.4 Å². The maximum atomic E-state index is 10.6. The topological polar surface area (TPSA) is 81.2 Å². The highest BCUT2D eigenvalue weighted by Crippen LogP contribution is 2.40. The molecule has 9 aromatic rings. The zero-order valence-corrected chi connectivity index (χ0v) is 26.7. The van der Waals surface area contributed by atoms with Crippen molar-refractivity contribution in [1.82, 2.24) is 9.13 Å². The molecule has 0 radical (unpaired) electrons. The van der Waals surface area contributed by atoms with E-state index in [1.54, 1.807) is 12.1 Å². The molecule has 2 aromatic heterocycles. The highest BCUT2D eigenvalue weighted by atomic mass is 15.0. The molecule has 0 bridgehead atoms. The number of para-hydroxylation sites is 3. The summed E-state index contributed by atoms with van der Waals surface area (Å²) in [5.41, 5.74) is 10.7. The van der Waals surface area contributed by atoms with Gasteiger partial charge in [0.25, 0.3) is 0 Å². The second kappa shape index (κ2) is 11.4. The van der Waals surface area contributed by atoms with Crippen LogP contribution < -0.4 is 0 Å². The Hall–Kier alpha value is -7.39. The fourth-order valence-electron chi connectivity index (χ4n) is 7.44. The van der Waals surface area contributed by atoms with Gasteiger partial charge in [0, 0.05) is 32.8 Å². The Balaban J connectivity index is 1.26. The molecule has 2 heterocycles. The second-order valence-corrected chi connectivity index (χ2v) is 12.3. The average molecular weight is 636 g/mol. The number of aromatic nitrogens is 2. The zero-order valence-electron chi connectivity index (χ0n) is 26.7. The average Bonchev–Trinajstić information content (AvgIpc) is 3.70. The molecule has 0 N–H and O–H groups in total. The van der Waals surface area contributed by atoms with Gasteiger partial charge in [0.05, 0.1) is 50.5 Å². The van der Waals surface area contributed by atoms with Crippen LogP contribution in [0.5, 0.6) is 0 Å². The molecule has 0 aliphatic carbocycles. The van der Waals surface area contributed by atoms with Crippen LogP contribution in [0.3, 0.4) is 0 Å². The van der Waals surface area contributed by atoms with Crippen molar-refractivity contribution in [3.8, 4) is 51.8 Å². The monoisotopic (exact) mass is 635 g/mol. The third-order valence-corrected chi connectivity index (χ3v) is 9.63. The number of rotatable bonds is 4. The van der Waals surface area contributed by atoms with Crippen molar-refractivity contribution in [3.63, 3.8) is 0 Å². The summed E-state index contributed by atoms with van der Waals surface area (Å²) in [6, 6.07) is 58.0. The van der Waals surface area contributed by atoms with E-state index in [4.69, 9.17) is 0 Å². The molecule has 0 unspecified atom stereocenters. The van der Waals surface area contributed by atoms with E-state index in [1.807, 2.05) is 54.6 Å².